The Morgan fingerprint density at radius 3 is 2.67 bits per heavy atom. The van der Waals surface area contributed by atoms with Crippen LogP contribution < -0.4 is 4.74 Å². The maximum atomic E-state index is 6.26. The Hall–Kier alpha value is -1.26. The van der Waals surface area contributed by atoms with Crippen LogP contribution >= 0.6 is 11.6 Å². The van der Waals surface area contributed by atoms with Gasteiger partial charge in [-0.1, -0.05) is 13.8 Å². The first-order chi connectivity index (χ1) is 10.0. The molecule has 0 aliphatic rings. The fourth-order valence-corrected chi connectivity index (χ4v) is 2.43. The van der Waals surface area contributed by atoms with Crippen molar-refractivity contribution in [3.63, 3.8) is 0 Å². The van der Waals surface area contributed by atoms with Gasteiger partial charge in [0.2, 0.25) is 0 Å². The van der Waals surface area contributed by atoms with Crippen LogP contribution in [-0.4, -0.2) is 29.9 Å². The van der Waals surface area contributed by atoms with Crippen molar-refractivity contribution in [1.82, 2.24) is 9.55 Å². The second-order valence-electron chi connectivity index (χ2n) is 5.56. The number of alkyl halides is 1. The van der Waals surface area contributed by atoms with Crippen LogP contribution in [0.2, 0.25) is 0 Å². The number of methoxy groups -OCH3 is 1. The van der Waals surface area contributed by atoms with E-state index >= 15 is 0 Å². The SMILES string of the molecule is COc1ccc2nc(C(C)Cl)n(CCOCC(C)C)c2c1. The number of imidazole rings is 1. The minimum atomic E-state index is -0.145. The fraction of sp³-hybridized carbons (Fsp3) is 0.562. The van der Waals surface area contributed by atoms with E-state index in [0.717, 1.165) is 35.8 Å². The zero-order valence-corrected chi connectivity index (χ0v) is 13.9. The highest BCUT2D eigenvalue weighted by atomic mass is 35.5. The summed E-state index contributed by atoms with van der Waals surface area (Å²) >= 11 is 6.26. The Morgan fingerprint density at radius 1 is 1.29 bits per heavy atom. The molecule has 2 aromatic rings. The molecule has 0 saturated carbocycles. The van der Waals surface area contributed by atoms with Crippen molar-refractivity contribution < 1.29 is 9.47 Å². The van der Waals surface area contributed by atoms with Crippen LogP contribution in [-0.2, 0) is 11.3 Å². The summed E-state index contributed by atoms with van der Waals surface area (Å²) in [7, 11) is 1.67. The van der Waals surface area contributed by atoms with Gasteiger partial charge in [-0.25, -0.2) is 4.98 Å². The van der Waals surface area contributed by atoms with E-state index in [9.17, 15) is 0 Å². The highest BCUT2D eigenvalue weighted by Gasteiger charge is 2.15. The quantitative estimate of drug-likeness (QED) is 0.572. The molecule has 0 radical (unpaired) electrons. The lowest BCUT2D eigenvalue weighted by atomic mass is 10.2. The zero-order chi connectivity index (χ0) is 15.4. The van der Waals surface area contributed by atoms with Crippen molar-refractivity contribution in [2.24, 2.45) is 5.92 Å². The van der Waals surface area contributed by atoms with Gasteiger partial charge >= 0.3 is 0 Å². The van der Waals surface area contributed by atoms with Gasteiger partial charge in [0.25, 0.3) is 0 Å². The summed E-state index contributed by atoms with van der Waals surface area (Å²) in [6.45, 7) is 8.38. The molecule has 21 heavy (non-hydrogen) atoms. The van der Waals surface area contributed by atoms with Crippen LogP contribution in [0.4, 0.5) is 0 Å². The summed E-state index contributed by atoms with van der Waals surface area (Å²) in [5.74, 6) is 2.23. The number of fused-ring (bicyclic) bond motifs is 1. The molecule has 0 N–H and O–H groups in total. The normalized spacial score (nSPS) is 13.0. The molecule has 116 valence electrons. The van der Waals surface area contributed by atoms with Crippen molar-refractivity contribution in [2.75, 3.05) is 20.3 Å². The van der Waals surface area contributed by atoms with Crippen molar-refractivity contribution in [1.29, 1.82) is 0 Å². The van der Waals surface area contributed by atoms with Crippen LogP contribution in [0.15, 0.2) is 18.2 Å². The second kappa shape index (κ2) is 7.14. The Bertz CT molecular complexity index is 593. The molecule has 0 saturated heterocycles. The fourth-order valence-electron chi connectivity index (χ4n) is 2.26. The number of aromatic nitrogens is 2. The highest BCUT2D eigenvalue weighted by molar-refractivity contribution is 6.20. The summed E-state index contributed by atoms with van der Waals surface area (Å²) in [6, 6.07) is 5.87. The molecular weight excluding hydrogens is 288 g/mol. The van der Waals surface area contributed by atoms with Crippen LogP contribution in [0.5, 0.6) is 5.75 Å². The van der Waals surface area contributed by atoms with E-state index in [1.165, 1.54) is 0 Å². The lowest BCUT2D eigenvalue weighted by Crippen LogP contribution is -2.12. The monoisotopic (exact) mass is 310 g/mol. The van der Waals surface area contributed by atoms with E-state index < -0.39 is 0 Å². The molecule has 0 aliphatic carbocycles. The van der Waals surface area contributed by atoms with Crippen molar-refractivity contribution in [3.8, 4) is 5.75 Å². The Kier molecular flexibility index (Phi) is 5.48. The Balaban J connectivity index is 2.26. The number of hydrogen-bond acceptors (Lipinski definition) is 3. The van der Waals surface area contributed by atoms with E-state index in [1.807, 2.05) is 25.1 Å². The molecule has 0 amide bonds. The van der Waals surface area contributed by atoms with E-state index in [2.05, 4.69) is 23.4 Å². The predicted octanol–water partition coefficient (Wildman–Crippen LogP) is 4.02. The van der Waals surface area contributed by atoms with Gasteiger partial charge in [-0.2, -0.15) is 0 Å². The molecule has 1 aromatic heterocycles. The number of halogens is 1. The van der Waals surface area contributed by atoms with Crippen molar-refractivity contribution >= 4 is 22.6 Å². The van der Waals surface area contributed by atoms with Gasteiger partial charge in [-0.15, -0.1) is 11.6 Å². The van der Waals surface area contributed by atoms with E-state index in [1.54, 1.807) is 7.11 Å². The summed E-state index contributed by atoms with van der Waals surface area (Å²) in [4.78, 5) is 4.62. The van der Waals surface area contributed by atoms with Crippen LogP contribution in [0.1, 0.15) is 32.0 Å². The lowest BCUT2D eigenvalue weighted by molar-refractivity contribution is 0.103. The largest absolute Gasteiger partial charge is 0.497 e. The first-order valence-electron chi connectivity index (χ1n) is 7.29. The maximum Gasteiger partial charge on any atom is 0.127 e. The lowest BCUT2D eigenvalue weighted by Gasteiger charge is -2.12. The molecule has 0 spiro atoms. The van der Waals surface area contributed by atoms with Gasteiger partial charge in [0.15, 0.2) is 0 Å². The topological polar surface area (TPSA) is 36.3 Å². The third-order valence-corrected chi connectivity index (χ3v) is 3.45. The third kappa shape index (κ3) is 3.89. The number of rotatable bonds is 7. The molecule has 0 fully saturated rings. The van der Waals surface area contributed by atoms with Crippen molar-refractivity contribution in [2.45, 2.75) is 32.7 Å². The van der Waals surface area contributed by atoms with Gasteiger partial charge in [-0.05, 0) is 25.0 Å². The maximum absolute atomic E-state index is 6.26. The minimum Gasteiger partial charge on any atom is -0.497 e. The smallest absolute Gasteiger partial charge is 0.127 e. The highest BCUT2D eigenvalue weighted by Crippen LogP contribution is 2.27. The first-order valence-corrected chi connectivity index (χ1v) is 7.72. The van der Waals surface area contributed by atoms with Gasteiger partial charge in [0.1, 0.15) is 11.6 Å². The molecule has 1 atom stereocenters. The van der Waals surface area contributed by atoms with Gasteiger partial charge < -0.3 is 14.0 Å². The molecule has 4 nitrogen and oxygen atoms in total. The summed E-state index contributed by atoms with van der Waals surface area (Å²) in [6.07, 6.45) is 0. The minimum absolute atomic E-state index is 0.145. The number of ether oxygens (including phenoxy) is 2. The van der Waals surface area contributed by atoms with Gasteiger partial charge in [0.05, 0.1) is 30.1 Å². The summed E-state index contributed by atoms with van der Waals surface area (Å²) in [5.41, 5.74) is 1.96. The molecule has 2 rings (SSSR count). The molecule has 5 heteroatoms. The third-order valence-electron chi connectivity index (χ3n) is 3.25. The molecule has 1 aromatic carbocycles. The average Bonchev–Trinajstić information content (AvgIpc) is 2.81. The van der Waals surface area contributed by atoms with Crippen molar-refractivity contribution in [3.05, 3.63) is 24.0 Å². The number of benzene rings is 1. The van der Waals surface area contributed by atoms with Gasteiger partial charge in [0, 0.05) is 19.2 Å². The van der Waals surface area contributed by atoms with Gasteiger partial charge in [-0.3, -0.25) is 0 Å². The molecule has 0 bridgehead atoms. The van der Waals surface area contributed by atoms with E-state index in [0.29, 0.717) is 12.5 Å². The first kappa shape index (κ1) is 16.1. The molecule has 0 aliphatic heterocycles. The summed E-state index contributed by atoms with van der Waals surface area (Å²) < 4.78 is 13.1. The van der Waals surface area contributed by atoms with Crippen LogP contribution in [0.3, 0.4) is 0 Å². The second-order valence-corrected chi connectivity index (χ2v) is 6.22. The average molecular weight is 311 g/mol. The number of hydrogen-bond donors (Lipinski definition) is 0. The standard InChI is InChI=1S/C16H23ClN2O2/c1-11(2)10-21-8-7-19-15-9-13(20-4)5-6-14(15)18-16(19)12(3)17/h5-6,9,11-12H,7-8,10H2,1-4H3. The number of nitrogens with zero attached hydrogens (tertiary/aromatic N) is 2. The predicted molar refractivity (Wildman–Crippen MR) is 86.2 cm³/mol. The van der Waals surface area contributed by atoms with E-state index in [-0.39, 0.29) is 5.38 Å². The van der Waals surface area contributed by atoms with E-state index in [4.69, 9.17) is 21.1 Å². The molecule has 1 unspecified atom stereocenters. The van der Waals surface area contributed by atoms with Crippen LogP contribution in [0, 0.1) is 5.92 Å². The Labute approximate surface area is 131 Å². The summed E-state index contributed by atoms with van der Waals surface area (Å²) in [5, 5.41) is -0.145. The Morgan fingerprint density at radius 2 is 2.05 bits per heavy atom. The molecular formula is C16H23ClN2O2. The zero-order valence-electron chi connectivity index (χ0n) is 13.1. The molecule has 1 heterocycles. The van der Waals surface area contributed by atoms with Crippen LogP contribution in [0.25, 0.3) is 11.0 Å².